The molecule has 0 radical (unpaired) electrons. The minimum Gasteiger partial charge on any atom is -0.313 e. The van der Waals surface area contributed by atoms with Gasteiger partial charge in [0.05, 0.1) is 0 Å². The van der Waals surface area contributed by atoms with Gasteiger partial charge in [0.15, 0.2) is 0 Å². The van der Waals surface area contributed by atoms with Gasteiger partial charge in [-0.1, -0.05) is 20.3 Å². The molecule has 0 aromatic heterocycles. The van der Waals surface area contributed by atoms with Crippen molar-refractivity contribution in [3.05, 3.63) is 35.4 Å². The summed E-state index contributed by atoms with van der Waals surface area (Å²) < 4.78 is 27.2. The fourth-order valence-electron chi connectivity index (χ4n) is 3.30. The van der Waals surface area contributed by atoms with Gasteiger partial charge in [0.1, 0.15) is 11.6 Å². The fraction of sp³-hybridized carbons (Fsp3) is 0.600. The van der Waals surface area contributed by atoms with Crippen LogP contribution in [-0.4, -0.2) is 7.05 Å². The molecular weight excluding hydrogens is 232 g/mol. The average molecular weight is 253 g/mol. The van der Waals surface area contributed by atoms with E-state index in [0.29, 0.717) is 11.5 Å². The lowest BCUT2D eigenvalue weighted by molar-refractivity contribution is 0.200. The van der Waals surface area contributed by atoms with E-state index in [4.69, 9.17) is 0 Å². The first-order chi connectivity index (χ1) is 8.45. The Morgan fingerprint density at radius 2 is 2.06 bits per heavy atom. The second-order valence-corrected chi connectivity index (χ2v) is 5.92. The Morgan fingerprint density at radius 1 is 1.33 bits per heavy atom. The predicted octanol–water partition coefficient (Wildman–Crippen LogP) is 4.05. The summed E-state index contributed by atoms with van der Waals surface area (Å²) in [6.45, 7) is 4.43. The van der Waals surface area contributed by atoms with Gasteiger partial charge in [-0.15, -0.1) is 0 Å². The molecule has 1 saturated carbocycles. The van der Waals surface area contributed by atoms with Crippen LogP contribution in [0.2, 0.25) is 0 Å². The van der Waals surface area contributed by atoms with Crippen molar-refractivity contribution in [3.63, 3.8) is 0 Å². The van der Waals surface area contributed by atoms with Crippen molar-refractivity contribution >= 4 is 0 Å². The molecule has 2 unspecified atom stereocenters. The van der Waals surface area contributed by atoms with Crippen LogP contribution in [0.25, 0.3) is 0 Å². The summed E-state index contributed by atoms with van der Waals surface area (Å²) in [7, 11) is 1.82. The minimum atomic E-state index is -0.373. The molecule has 1 N–H and O–H groups in total. The van der Waals surface area contributed by atoms with E-state index < -0.39 is 0 Å². The molecule has 3 heteroatoms. The van der Waals surface area contributed by atoms with Crippen molar-refractivity contribution in [1.29, 1.82) is 0 Å². The van der Waals surface area contributed by atoms with E-state index in [2.05, 4.69) is 19.2 Å². The van der Waals surface area contributed by atoms with Crippen molar-refractivity contribution in [2.45, 2.75) is 39.2 Å². The molecule has 1 nitrogen and oxygen atoms in total. The summed E-state index contributed by atoms with van der Waals surface area (Å²) in [6, 6.07) is 3.60. The molecular formula is C15H21F2N. The Hall–Kier alpha value is -0.960. The van der Waals surface area contributed by atoms with E-state index in [9.17, 15) is 8.78 Å². The zero-order valence-electron chi connectivity index (χ0n) is 11.3. The molecule has 0 heterocycles. The highest BCUT2D eigenvalue weighted by molar-refractivity contribution is 5.24. The molecule has 2 rings (SSSR count). The lowest BCUT2D eigenvalue weighted by atomic mass is 9.75. The van der Waals surface area contributed by atoms with Crippen molar-refractivity contribution in [2.24, 2.45) is 11.3 Å². The Kier molecular flexibility index (Phi) is 3.71. The number of nitrogens with one attached hydrogen (secondary N) is 1. The van der Waals surface area contributed by atoms with Gasteiger partial charge in [-0.3, -0.25) is 0 Å². The van der Waals surface area contributed by atoms with Gasteiger partial charge < -0.3 is 5.32 Å². The van der Waals surface area contributed by atoms with Crippen LogP contribution in [0.1, 0.15) is 44.7 Å². The highest BCUT2D eigenvalue weighted by atomic mass is 19.1. The Morgan fingerprint density at radius 3 is 2.61 bits per heavy atom. The second kappa shape index (κ2) is 4.96. The smallest absolute Gasteiger partial charge is 0.128 e. The summed E-state index contributed by atoms with van der Waals surface area (Å²) in [5, 5.41) is 3.18. The van der Waals surface area contributed by atoms with Crippen LogP contribution in [0.3, 0.4) is 0 Å². The number of hydrogen-bond acceptors (Lipinski definition) is 1. The molecule has 1 fully saturated rings. The second-order valence-electron chi connectivity index (χ2n) is 5.92. The van der Waals surface area contributed by atoms with Crippen LogP contribution in [0, 0.1) is 23.0 Å². The average Bonchev–Trinajstić information content (AvgIpc) is 2.65. The van der Waals surface area contributed by atoms with E-state index in [1.807, 2.05) is 7.05 Å². The zero-order valence-corrected chi connectivity index (χ0v) is 11.3. The number of hydrogen-bond donors (Lipinski definition) is 1. The molecule has 0 bridgehead atoms. The standard InChI is InChI=1S/C15H21F2N/c1-15(2)8-4-5-12(15)14(18-3)11-9-10(16)6-7-13(11)17/h6-7,9,12,14,18H,4-5,8H2,1-3H3. The van der Waals surface area contributed by atoms with Gasteiger partial charge in [-0.25, -0.2) is 8.78 Å². The number of benzene rings is 1. The summed E-state index contributed by atoms with van der Waals surface area (Å²) >= 11 is 0. The number of halogens is 2. The molecule has 2 atom stereocenters. The van der Waals surface area contributed by atoms with E-state index >= 15 is 0 Å². The molecule has 18 heavy (non-hydrogen) atoms. The summed E-state index contributed by atoms with van der Waals surface area (Å²) in [6.07, 6.45) is 3.37. The fourth-order valence-corrected chi connectivity index (χ4v) is 3.30. The molecule has 0 aliphatic heterocycles. The molecule has 1 aromatic carbocycles. The van der Waals surface area contributed by atoms with Gasteiger partial charge in [-0.05, 0) is 49.4 Å². The predicted molar refractivity (Wildman–Crippen MR) is 69.3 cm³/mol. The molecule has 1 aromatic rings. The molecule has 0 spiro atoms. The van der Waals surface area contributed by atoms with Crippen molar-refractivity contribution in [2.75, 3.05) is 7.05 Å². The van der Waals surface area contributed by atoms with Gasteiger partial charge in [0.25, 0.3) is 0 Å². The largest absolute Gasteiger partial charge is 0.313 e. The van der Waals surface area contributed by atoms with E-state index in [0.717, 1.165) is 19.3 Å². The lowest BCUT2D eigenvalue weighted by Crippen LogP contribution is -2.32. The maximum Gasteiger partial charge on any atom is 0.128 e. The Labute approximate surface area is 108 Å². The maximum absolute atomic E-state index is 13.9. The zero-order chi connectivity index (χ0) is 13.3. The summed E-state index contributed by atoms with van der Waals surface area (Å²) in [5.41, 5.74) is 0.629. The van der Waals surface area contributed by atoms with Crippen LogP contribution >= 0.6 is 0 Å². The van der Waals surface area contributed by atoms with Gasteiger partial charge in [0.2, 0.25) is 0 Å². The highest BCUT2D eigenvalue weighted by Gasteiger charge is 2.40. The van der Waals surface area contributed by atoms with Crippen LogP contribution in [-0.2, 0) is 0 Å². The maximum atomic E-state index is 13.9. The Balaban J connectivity index is 2.36. The molecule has 100 valence electrons. The van der Waals surface area contributed by atoms with E-state index in [1.165, 1.54) is 18.2 Å². The van der Waals surface area contributed by atoms with Crippen molar-refractivity contribution in [1.82, 2.24) is 5.32 Å². The first-order valence-corrected chi connectivity index (χ1v) is 6.58. The first kappa shape index (κ1) is 13.5. The highest BCUT2D eigenvalue weighted by Crippen LogP contribution is 2.48. The summed E-state index contributed by atoms with van der Waals surface area (Å²) in [4.78, 5) is 0. The van der Waals surface area contributed by atoms with Crippen LogP contribution in [0.15, 0.2) is 18.2 Å². The third-order valence-corrected chi connectivity index (χ3v) is 4.35. The topological polar surface area (TPSA) is 12.0 Å². The monoisotopic (exact) mass is 253 g/mol. The van der Waals surface area contributed by atoms with Crippen LogP contribution in [0.5, 0.6) is 0 Å². The van der Waals surface area contributed by atoms with Crippen molar-refractivity contribution < 1.29 is 8.78 Å². The lowest BCUT2D eigenvalue weighted by Gasteiger charge is -2.34. The van der Waals surface area contributed by atoms with E-state index in [-0.39, 0.29) is 23.1 Å². The third kappa shape index (κ3) is 2.41. The van der Waals surface area contributed by atoms with Crippen molar-refractivity contribution in [3.8, 4) is 0 Å². The molecule has 1 aliphatic carbocycles. The van der Waals surface area contributed by atoms with Crippen LogP contribution < -0.4 is 5.32 Å². The SMILES string of the molecule is CNC(c1cc(F)ccc1F)C1CCCC1(C)C. The molecule has 0 amide bonds. The number of rotatable bonds is 3. The molecule has 0 saturated heterocycles. The third-order valence-electron chi connectivity index (χ3n) is 4.35. The van der Waals surface area contributed by atoms with Gasteiger partial charge in [0, 0.05) is 11.6 Å². The van der Waals surface area contributed by atoms with Gasteiger partial charge in [-0.2, -0.15) is 0 Å². The quantitative estimate of drug-likeness (QED) is 0.857. The minimum absolute atomic E-state index is 0.113. The Bertz CT molecular complexity index is 429. The van der Waals surface area contributed by atoms with Crippen LogP contribution in [0.4, 0.5) is 8.78 Å². The summed E-state index contributed by atoms with van der Waals surface area (Å²) in [5.74, 6) is -0.347. The first-order valence-electron chi connectivity index (χ1n) is 6.58. The normalized spacial score (nSPS) is 24.2. The molecule has 1 aliphatic rings. The van der Waals surface area contributed by atoms with Gasteiger partial charge >= 0.3 is 0 Å². The van der Waals surface area contributed by atoms with E-state index in [1.54, 1.807) is 0 Å².